The first-order valence-corrected chi connectivity index (χ1v) is 6.12. The number of anilines is 1. The van der Waals surface area contributed by atoms with Gasteiger partial charge in [-0.3, -0.25) is 9.59 Å². The van der Waals surface area contributed by atoms with E-state index in [2.05, 4.69) is 26.2 Å². The van der Waals surface area contributed by atoms with Crippen LogP contribution in [-0.2, 0) is 9.59 Å². The Hall–Kier alpha value is -1.63. The molecule has 0 saturated heterocycles. The van der Waals surface area contributed by atoms with Gasteiger partial charge in [0.2, 0.25) is 0 Å². The third kappa shape index (κ3) is 2.61. The highest BCUT2D eigenvalue weighted by Crippen LogP contribution is 2.31. The summed E-state index contributed by atoms with van der Waals surface area (Å²) in [6.07, 6.45) is 0.857. The fraction of sp³-hybridized carbons (Fsp3) is 0.364. The first-order chi connectivity index (χ1) is 8.47. The highest BCUT2D eigenvalue weighted by Gasteiger charge is 2.31. The standard InChI is InChI=1S/C11H11BrN2O4/c1-5(11(16)17)2-8-10(15)14-9-7(18-8)3-6(12)4-13-9/h3-5,8H,2H2,1H3,(H,16,17)(H,13,14,15). The van der Waals surface area contributed by atoms with Gasteiger partial charge in [-0.2, -0.15) is 0 Å². The summed E-state index contributed by atoms with van der Waals surface area (Å²) in [5, 5.41) is 11.4. The van der Waals surface area contributed by atoms with E-state index in [1.54, 1.807) is 12.3 Å². The van der Waals surface area contributed by atoms with Crippen molar-refractivity contribution < 1.29 is 19.4 Å². The fourth-order valence-electron chi connectivity index (χ4n) is 1.59. The van der Waals surface area contributed by atoms with Crippen LogP contribution >= 0.6 is 15.9 Å². The van der Waals surface area contributed by atoms with Crippen molar-refractivity contribution in [1.82, 2.24) is 4.98 Å². The molecule has 1 aliphatic heterocycles. The van der Waals surface area contributed by atoms with Crippen molar-refractivity contribution >= 4 is 33.6 Å². The van der Waals surface area contributed by atoms with Crippen LogP contribution in [0.4, 0.5) is 5.82 Å². The lowest BCUT2D eigenvalue weighted by atomic mass is 10.0. The molecule has 2 unspecified atom stereocenters. The van der Waals surface area contributed by atoms with Crippen molar-refractivity contribution in [2.24, 2.45) is 5.92 Å². The van der Waals surface area contributed by atoms with Crippen molar-refractivity contribution in [3.63, 3.8) is 0 Å². The Labute approximate surface area is 111 Å². The van der Waals surface area contributed by atoms with E-state index >= 15 is 0 Å². The summed E-state index contributed by atoms with van der Waals surface area (Å²) in [6, 6.07) is 1.68. The molecule has 1 aromatic heterocycles. The average Bonchev–Trinajstić information content (AvgIpc) is 2.30. The van der Waals surface area contributed by atoms with Crippen LogP contribution in [0, 0.1) is 5.92 Å². The van der Waals surface area contributed by atoms with E-state index in [0.29, 0.717) is 11.6 Å². The number of rotatable bonds is 3. The summed E-state index contributed by atoms with van der Waals surface area (Å²) in [4.78, 5) is 26.5. The monoisotopic (exact) mass is 314 g/mol. The van der Waals surface area contributed by atoms with E-state index in [0.717, 1.165) is 4.47 Å². The zero-order chi connectivity index (χ0) is 13.3. The Morgan fingerprint density at radius 1 is 1.72 bits per heavy atom. The number of halogens is 1. The van der Waals surface area contributed by atoms with Crippen molar-refractivity contribution in [2.45, 2.75) is 19.4 Å². The second kappa shape index (κ2) is 4.93. The minimum Gasteiger partial charge on any atom is -0.481 e. The lowest BCUT2D eigenvalue weighted by Gasteiger charge is -2.26. The molecule has 18 heavy (non-hydrogen) atoms. The van der Waals surface area contributed by atoms with Crippen LogP contribution in [0.25, 0.3) is 0 Å². The third-order valence-corrected chi connectivity index (χ3v) is 3.05. The van der Waals surface area contributed by atoms with Gasteiger partial charge in [-0.15, -0.1) is 0 Å². The van der Waals surface area contributed by atoms with Gasteiger partial charge < -0.3 is 15.2 Å². The van der Waals surface area contributed by atoms with Gasteiger partial charge in [-0.05, 0) is 22.0 Å². The van der Waals surface area contributed by atoms with Crippen molar-refractivity contribution in [3.8, 4) is 5.75 Å². The van der Waals surface area contributed by atoms with Gasteiger partial charge in [-0.25, -0.2) is 4.98 Å². The number of carbonyl (C=O) groups is 2. The summed E-state index contributed by atoms with van der Waals surface area (Å²) >= 11 is 3.25. The number of hydrogen-bond donors (Lipinski definition) is 2. The molecule has 0 radical (unpaired) electrons. The predicted molar refractivity (Wildman–Crippen MR) is 66.4 cm³/mol. The van der Waals surface area contributed by atoms with Gasteiger partial charge in [-0.1, -0.05) is 6.92 Å². The van der Waals surface area contributed by atoms with E-state index in [1.165, 1.54) is 6.92 Å². The van der Waals surface area contributed by atoms with Crippen molar-refractivity contribution in [3.05, 3.63) is 16.7 Å². The molecule has 1 aromatic rings. The van der Waals surface area contributed by atoms with E-state index in [-0.39, 0.29) is 12.3 Å². The number of aromatic nitrogens is 1. The Kier molecular flexibility index (Phi) is 3.51. The molecule has 2 rings (SSSR count). The Morgan fingerprint density at radius 3 is 3.11 bits per heavy atom. The number of aliphatic carboxylic acids is 1. The highest BCUT2D eigenvalue weighted by atomic mass is 79.9. The van der Waals surface area contributed by atoms with Crippen LogP contribution in [0.2, 0.25) is 0 Å². The van der Waals surface area contributed by atoms with Gasteiger partial charge in [0, 0.05) is 17.1 Å². The molecule has 0 saturated carbocycles. The molecule has 2 heterocycles. The number of amides is 1. The van der Waals surface area contributed by atoms with Crippen LogP contribution in [0.5, 0.6) is 5.75 Å². The molecular formula is C11H11BrN2O4. The molecule has 0 aromatic carbocycles. The number of nitrogens with one attached hydrogen (secondary N) is 1. The van der Waals surface area contributed by atoms with Crippen molar-refractivity contribution in [2.75, 3.05) is 5.32 Å². The Balaban J connectivity index is 2.17. The van der Waals surface area contributed by atoms with Crippen LogP contribution < -0.4 is 10.1 Å². The summed E-state index contributed by atoms with van der Waals surface area (Å²) < 4.78 is 6.20. The second-order valence-corrected chi connectivity index (χ2v) is 4.99. The maximum atomic E-state index is 11.7. The Bertz CT molecular complexity index is 506. The van der Waals surface area contributed by atoms with Gasteiger partial charge in [0.1, 0.15) is 0 Å². The molecule has 0 fully saturated rings. The molecule has 7 heteroatoms. The third-order valence-electron chi connectivity index (χ3n) is 2.61. The number of carboxylic acids is 1. The fourth-order valence-corrected chi connectivity index (χ4v) is 1.90. The molecule has 0 bridgehead atoms. The van der Waals surface area contributed by atoms with Crippen LogP contribution in [0.15, 0.2) is 16.7 Å². The molecule has 2 N–H and O–H groups in total. The summed E-state index contributed by atoms with van der Waals surface area (Å²) in [6.45, 7) is 1.54. The lowest BCUT2D eigenvalue weighted by Crippen LogP contribution is -2.39. The molecular weight excluding hydrogens is 304 g/mol. The number of carboxylic acid groups (broad SMARTS) is 1. The molecule has 0 spiro atoms. The predicted octanol–water partition coefficient (Wildman–Crippen LogP) is 1.65. The number of hydrogen-bond acceptors (Lipinski definition) is 4. The zero-order valence-corrected chi connectivity index (χ0v) is 11.1. The number of pyridine rings is 1. The highest BCUT2D eigenvalue weighted by molar-refractivity contribution is 9.10. The summed E-state index contributed by atoms with van der Waals surface area (Å²) in [7, 11) is 0. The molecule has 96 valence electrons. The van der Waals surface area contributed by atoms with Crippen LogP contribution in [-0.4, -0.2) is 28.1 Å². The normalized spacial score (nSPS) is 19.4. The maximum absolute atomic E-state index is 11.7. The van der Waals surface area contributed by atoms with Gasteiger partial charge in [0.05, 0.1) is 5.92 Å². The molecule has 1 amide bonds. The van der Waals surface area contributed by atoms with Gasteiger partial charge in [0.15, 0.2) is 17.7 Å². The van der Waals surface area contributed by atoms with E-state index < -0.39 is 18.0 Å². The number of fused-ring (bicyclic) bond motifs is 1. The summed E-state index contributed by atoms with van der Waals surface area (Å²) in [5.74, 6) is -1.19. The van der Waals surface area contributed by atoms with Crippen LogP contribution in [0.3, 0.4) is 0 Å². The molecule has 0 aliphatic carbocycles. The minimum absolute atomic E-state index is 0.118. The number of ether oxygens (including phenoxy) is 1. The van der Waals surface area contributed by atoms with E-state index in [4.69, 9.17) is 9.84 Å². The topological polar surface area (TPSA) is 88.5 Å². The van der Waals surface area contributed by atoms with E-state index in [9.17, 15) is 9.59 Å². The number of nitrogens with zero attached hydrogens (tertiary/aromatic N) is 1. The quantitative estimate of drug-likeness (QED) is 0.885. The first kappa shape index (κ1) is 12.8. The smallest absolute Gasteiger partial charge is 0.306 e. The van der Waals surface area contributed by atoms with Gasteiger partial charge >= 0.3 is 5.97 Å². The average molecular weight is 315 g/mol. The summed E-state index contributed by atoms with van der Waals surface area (Å²) in [5.41, 5.74) is 0. The molecule has 6 nitrogen and oxygen atoms in total. The second-order valence-electron chi connectivity index (χ2n) is 4.07. The SMILES string of the molecule is CC(CC1Oc2cc(Br)cnc2NC1=O)C(=O)O. The molecule has 2 atom stereocenters. The maximum Gasteiger partial charge on any atom is 0.306 e. The zero-order valence-electron chi connectivity index (χ0n) is 9.51. The number of carbonyl (C=O) groups excluding carboxylic acids is 1. The van der Waals surface area contributed by atoms with Gasteiger partial charge in [0.25, 0.3) is 5.91 Å². The lowest BCUT2D eigenvalue weighted by molar-refractivity contribution is -0.142. The largest absolute Gasteiger partial charge is 0.481 e. The minimum atomic E-state index is -0.954. The molecule has 1 aliphatic rings. The first-order valence-electron chi connectivity index (χ1n) is 5.33. The van der Waals surface area contributed by atoms with Crippen LogP contribution in [0.1, 0.15) is 13.3 Å². The van der Waals surface area contributed by atoms with E-state index in [1.807, 2.05) is 0 Å². The Morgan fingerprint density at radius 2 is 2.44 bits per heavy atom. The van der Waals surface area contributed by atoms with Crippen molar-refractivity contribution in [1.29, 1.82) is 0 Å².